The van der Waals surface area contributed by atoms with Crippen LogP contribution in [0, 0.1) is 5.41 Å². The van der Waals surface area contributed by atoms with Crippen molar-refractivity contribution >= 4 is 17.6 Å². The van der Waals surface area contributed by atoms with E-state index >= 15 is 13.2 Å². The molecule has 2 aromatic rings. The Bertz CT molecular complexity index is 1380. The molecule has 41 heavy (non-hydrogen) atoms. The van der Waals surface area contributed by atoms with Crippen molar-refractivity contribution in [3.05, 3.63) is 64.9 Å². The number of nitrogens with zero attached hydrogens (tertiary/aromatic N) is 1. The van der Waals surface area contributed by atoms with E-state index in [9.17, 15) is 14.4 Å². The average Bonchev–Trinajstić information content (AvgIpc) is 3.11. The van der Waals surface area contributed by atoms with Gasteiger partial charge >= 0.3 is 6.18 Å². The smallest absolute Gasteiger partial charge is 0.425 e. The third kappa shape index (κ3) is 5.62. The van der Waals surface area contributed by atoms with Crippen molar-refractivity contribution in [3.63, 3.8) is 0 Å². The third-order valence-electron chi connectivity index (χ3n) is 7.09. The zero-order chi connectivity index (χ0) is 30.3. The minimum atomic E-state index is -5.32. The molecule has 0 aromatic heterocycles. The van der Waals surface area contributed by atoms with Gasteiger partial charge in [0.2, 0.25) is 5.54 Å². The molecule has 0 unspecified atom stereocenters. The molecule has 4 rings (SSSR count). The number of ketones is 1. The number of methoxy groups -OCH3 is 2. The van der Waals surface area contributed by atoms with Crippen molar-refractivity contribution < 1.29 is 41.8 Å². The highest BCUT2D eigenvalue weighted by Crippen LogP contribution is 2.52. The number of allylic oxidation sites excluding steroid dienone is 1. The van der Waals surface area contributed by atoms with Gasteiger partial charge in [-0.2, -0.15) is 13.2 Å². The maximum absolute atomic E-state index is 15.1. The lowest BCUT2D eigenvalue weighted by Gasteiger charge is -2.35. The summed E-state index contributed by atoms with van der Waals surface area (Å²) in [5, 5.41) is 1.95. The number of rotatable bonds is 8. The van der Waals surface area contributed by atoms with E-state index in [1.165, 1.54) is 38.5 Å². The Kier molecular flexibility index (Phi) is 7.86. The monoisotopic (exact) mass is 574 g/mol. The number of nitrogens with one attached hydrogen (secondary N) is 1. The molecule has 2 amide bonds. The first-order valence-electron chi connectivity index (χ1n) is 13.1. The van der Waals surface area contributed by atoms with Crippen molar-refractivity contribution in [1.82, 2.24) is 10.2 Å². The fourth-order valence-electron chi connectivity index (χ4n) is 5.33. The van der Waals surface area contributed by atoms with Crippen LogP contribution in [-0.4, -0.2) is 54.5 Å². The lowest BCUT2D eigenvalue weighted by Crippen LogP contribution is -2.66. The number of benzene rings is 2. The molecule has 11 heteroatoms. The fourth-order valence-corrected chi connectivity index (χ4v) is 5.33. The fraction of sp³-hybridized carbons (Fsp3) is 0.433. The van der Waals surface area contributed by atoms with Gasteiger partial charge in [-0.3, -0.25) is 14.4 Å². The standard InChI is InChI=1S/C30H33F3N2O6/c1-17(2)41-20-9-7-19(8-10-20)26(37)34-29(30(31,32)33)25-23(14-28(3,4)15-24(25)36)35(27(29)38)16-18-11-21(39-5)13-22(12-18)40-6/h7-13,17H,14-16H2,1-6H3,(H,34,37)/t29-/m0/s1. The summed E-state index contributed by atoms with van der Waals surface area (Å²) in [5.41, 5.74) is -4.77. The van der Waals surface area contributed by atoms with Crippen molar-refractivity contribution in [1.29, 1.82) is 0 Å². The molecule has 1 aliphatic carbocycles. The highest BCUT2D eigenvalue weighted by Gasteiger charge is 2.71. The van der Waals surface area contributed by atoms with Crippen LogP contribution in [0.5, 0.6) is 17.2 Å². The van der Waals surface area contributed by atoms with Crippen LogP contribution in [0.25, 0.3) is 0 Å². The number of Topliss-reactive ketones (excluding diaryl/α,β-unsaturated/α-hetero) is 1. The van der Waals surface area contributed by atoms with Gasteiger partial charge in [-0.05, 0) is 67.6 Å². The molecule has 0 saturated carbocycles. The van der Waals surface area contributed by atoms with Gasteiger partial charge in [-0.15, -0.1) is 0 Å². The van der Waals surface area contributed by atoms with Gasteiger partial charge in [0, 0.05) is 23.7 Å². The molecule has 0 saturated heterocycles. The number of hydrogen-bond donors (Lipinski definition) is 1. The van der Waals surface area contributed by atoms with Crippen LogP contribution in [0.15, 0.2) is 53.7 Å². The molecule has 0 spiro atoms. The zero-order valence-corrected chi connectivity index (χ0v) is 23.8. The summed E-state index contributed by atoms with van der Waals surface area (Å²) < 4.78 is 61.5. The molecule has 220 valence electrons. The van der Waals surface area contributed by atoms with Crippen molar-refractivity contribution in [3.8, 4) is 17.2 Å². The number of hydrogen-bond acceptors (Lipinski definition) is 6. The quantitative estimate of drug-likeness (QED) is 0.466. The first kappa shape index (κ1) is 30.0. The van der Waals surface area contributed by atoms with Crippen LogP contribution in [-0.2, 0) is 16.1 Å². The summed E-state index contributed by atoms with van der Waals surface area (Å²) in [7, 11) is 2.85. The normalized spacial score (nSPS) is 20.3. The highest BCUT2D eigenvalue weighted by atomic mass is 19.4. The lowest BCUT2D eigenvalue weighted by atomic mass is 9.72. The minimum Gasteiger partial charge on any atom is -0.497 e. The summed E-state index contributed by atoms with van der Waals surface area (Å²) in [6.45, 7) is 6.81. The first-order chi connectivity index (χ1) is 19.1. The molecule has 1 atom stereocenters. The Morgan fingerprint density at radius 2 is 1.56 bits per heavy atom. The third-order valence-corrected chi connectivity index (χ3v) is 7.09. The molecule has 1 aliphatic heterocycles. The average molecular weight is 575 g/mol. The van der Waals surface area contributed by atoms with Crippen molar-refractivity contribution in [2.75, 3.05) is 14.2 Å². The van der Waals surface area contributed by atoms with E-state index in [0.717, 1.165) is 4.90 Å². The van der Waals surface area contributed by atoms with E-state index in [0.29, 0.717) is 22.8 Å². The van der Waals surface area contributed by atoms with Crippen LogP contribution < -0.4 is 19.5 Å². The van der Waals surface area contributed by atoms with Gasteiger partial charge in [0.15, 0.2) is 5.78 Å². The first-order valence-corrected chi connectivity index (χ1v) is 13.1. The number of amides is 2. The second-order valence-electron chi connectivity index (χ2n) is 11.3. The summed E-state index contributed by atoms with van der Waals surface area (Å²) >= 11 is 0. The number of alkyl halides is 3. The number of carbonyl (C=O) groups excluding carboxylic acids is 3. The Hall–Kier alpha value is -4.02. The molecular weight excluding hydrogens is 541 g/mol. The molecule has 1 heterocycles. The molecule has 8 nitrogen and oxygen atoms in total. The van der Waals surface area contributed by atoms with Gasteiger partial charge < -0.3 is 24.4 Å². The second-order valence-corrected chi connectivity index (χ2v) is 11.3. The number of carbonyl (C=O) groups is 3. The van der Waals surface area contributed by atoms with E-state index in [-0.39, 0.29) is 36.8 Å². The predicted octanol–water partition coefficient (Wildman–Crippen LogP) is 5.21. The topological polar surface area (TPSA) is 94.2 Å². The molecule has 0 bridgehead atoms. The van der Waals surface area contributed by atoms with Gasteiger partial charge in [0.05, 0.1) is 32.4 Å². The SMILES string of the molecule is COc1cc(CN2C(=O)[C@](NC(=O)c3ccc(OC(C)C)cc3)(C(F)(F)F)C3=C2CC(C)(C)CC3=O)cc(OC)c1. The van der Waals surface area contributed by atoms with Crippen LogP contribution in [0.1, 0.15) is 56.5 Å². The maximum Gasteiger partial charge on any atom is 0.425 e. The molecule has 2 aromatic carbocycles. The van der Waals surface area contributed by atoms with Crippen LogP contribution in [0.3, 0.4) is 0 Å². The Morgan fingerprint density at radius 3 is 2.07 bits per heavy atom. The van der Waals surface area contributed by atoms with Gasteiger partial charge in [-0.1, -0.05) is 13.8 Å². The van der Waals surface area contributed by atoms with E-state index in [2.05, 4.69) is 0 Å². The Morgan fingerprint density at radius 1 is 0.976 bits per heavy atom. The summed E-state index contributed by atoms with van der Waals surface area (Å²) in [4.78, 5) is 41.6. The summed E-state index contributed by atoms with van der Waals surface area (Å²) in [6, 6.07) is 10.2. The van der Waals surface area contributed by atoms with Crippen LogP contribution in [0.2, 0.25) is 0 Å². The van der Waals surface area contributed by atoms with E-state index < -0.39 is 40.3 Å². The summed E-state index contributed by atoms with van der Waals surface area (Å²) in [5.74, 6) is -2.26. The van der Waals surface area contributed by atoms with Crippen LogP contribution in [0.4, 0.5) is 13.2 Å². The van der Waals surface area contributed by atoms with Crippen molar-refractivity contribution in [2.24, 2.45) is 5.41 Å². The maximum atomic E-state index is 15.1. The number of ether oxygens (including phenoxy) is 3. The zero-order valence-electron chi connectivity index (χ0n) is 23.8. The van der Waals surface area contributed by atoms with Crippen molar-refractivity contribution in [2.45, 2.75) is 64.9 Å². The minimum absolute atomic E-state index is 0.0237. The largest absolute Gasteiger partial charge is 0.497 e. The predicted molar refractivity (Wildman–Crippen MR) is 144 cm³/mol. The molecular formula is C30H33F3N2O6. The van der Waals surface area contributed by atoms with E-state index in [4.69, 9.17) is 14.2 Å². The second kappa shape index (κ2) is 10.8. The van der Waals surface area contributed by atoms with E-state index in [1.54, 1.807) is 45.9 Å². The Labute approximate surface area is 236 Å². The molecule has 0 fully saturated rings. The van der Waals surface area contributed by atoms with Crippen LogP contribution >= 0.6 is 0 Å². The molecule has 2 aliphatic rings. The number of halogens is 3. The molecule has 0 radical (unpaired) electrons. The van der Waals surface area contributed by atoms with Gasteiger partial charge in [-0.25, -0.2) is 0 Å². The van der Waals surface area contributed by atoms with E-state index in [1.807, 2.05) is 5.32 Å². The van der Waals surface area contributed by atoms with Gasteiger partial charge in [0.1, 0.15) is 17.2 Å². The van der Waals surface area contributed by atoms with Gasteiger partial charge in [0.25, 0.3) is 11.8 Å². The Balaban J connectivity index is 1.81. The summed E-state index contributed by atoms with van der Waals surface area (Å²) in [6.07, 6.45) is -5.66. The highest BCUT2D eigenvalue weighted by molar-refractivity contribution is 6.14. The lowest BCUT2D eigenvalue weighted by molar-refractivity contribution is -0.190. The molecule has 1 N–H and O–H groups in total.